The van der Waals surface area contributed by atoms with Crippen LogP contribution in [0.25, 0.3) is 11.1 Å². The predicted molar refractivity (Wildman–Crippen MR) is 71.4 cm³/mol. The topological polar surface area (TPSA) is 55.8 Å². The molecule has 0 aromatic heterocycles. The number of carbonyl (C=O) groups is 1. The number of hydrogen-bond acceptors (Lipinski definition) is 4. The molecule has 2 aromatic carbocycles. The highest BCUT2D eigenvalue weighted by Gasteiger charge is 2.17. The molecule has 2 aromatic rings. The Labute approximate surface area is 111 Å². The predicted octanol–water partition coefficient (Wildman–Crippen LogP) is 2.85. The van der Waals surface area contributed by atoms with E-state index < -0.39 is 5.97 Å². The fourth-order valence-corrected chi connectivity index (χ4v) is 1.90. The van der Waals surface area contributed by atoms with E-state index in [1.54, 1.807) is 25.3 Å². The third kappa shape index (κ3) is 2.38. The number of benzene rings is 2. The monoisotopic (exact) mass is 258 g/mol. The summed E-state index contributed by atoms with van der Waals surface area (Å²) in [6.45, 7) is 0. The van der Waals surface area contributed by atoms with Gasteiger partial charge in [-0.3, -0.25) is 0 Å². The van der Waals surface area contributed by atoms with E-state index in [1.807, 2.05) is 18.2 Å². The number of phenols is 1. The zero-order valence-electron chi connectivity index (χ0n) is 10.7. The van der Waals surface area contributed by atoms with Crippen molar-refractivity contribution in [3.8, 4) is 22.6 Å². The molecule has 0 saturated carbocycles. The van der Waals surface area contributed by atoms with Gasteiger partial charge in [-0.25, -0.2) is 4.79 Å². The highest BCUT2D eigenvalue weighted by atomic mass is 16.5. The smallest absolute Gasteiger partial charge is 0.341 e. The van der Waals surface area contributed by atoms with E-state index in [-0.39, 0.29) is 11.3 Å². The van der Waals surface area contributed by atoms with E-state index in [9.17, 15) is 9.90 Å². The normalized spacial score (nSPS) is 10.0. The molecule has 4 nitrogen and oxygen atoms in total. The van der Waals surface area contributed by atoms with Gasteiger partial charge >= 0.3 is 5.97 Å². The lowest BCUT2D eigenvalue weighted by Gasteiger charge is -2.11. The summed E-state index contributed by atoms with van der Waals surface area (Å²) in [6, 6.07) is 12.2. The van der Waals surface area contributed by atoms with Gasteiger partial charge in [-0.2, -0.15) is 0 Å². The standard InChI is InChI=1S/C15H14O4/c1-18-13-9-4-3-6-10(13)11-7-5-8-12(14(11)16)15(17)19-2/h3-9,16H,1-2H3. The van der Waals surface area contributed by atoms with E-state index in [0.29, 0.717) is 16.9 Å². The molecule has 0 fully saturated rings. The van der Waals surface area contributed by atoms with Crippen LogP contribution in [-0.2, 0) is 4.74 Å². The van der Waals surface area contributed by atoms with Crippen LogP contribution < -0.4 is 4.74 Å². The highest BCUT2D eigenvalue weighted by molar-refractivity contribution is 5.95. The summed E-state index contributed by atoms with van der Waals surface area (Å²) in [5.41, 5.74) is 1.37. The van der Waals surface area contributed by atoms with E-state index in [0.717, 1.165) is 0 Å². The van der Waals surface area contributed by atoms with Gasteiger partial charge < -0.3 is 14.6 Å². The summed E-state index contributed by atoms with van der Waals surface area (Å²) >= 11 is 0. The van der Waals surface area contributed by atoms with Crippen LogP contribution in [0.15, 0.2) is 42.5 Å². The van der Waals surface area contributed by atoms with Crippen LogP contribution >= 0.6 is 0 Å². The molecule has 0 bridgehead atoms. The van der Waals surface area contributed by atoms with Crippen LogP contribution in [0.1, 0.15) is 10.4 Å². The van der Waals surface area contributed by atoms with Gasteiger partial charge in [0, 0.05) is 11.1 Å². The van der Waals surface area contributed by atoms with E-state index in [1.165, 1.54) is 13.2 Å². The van der Waals surface area contributed by atoms with Gasteiger partial charge in [0.2, 0.25) is 0 Å². The van der Waals surface area contributed by atoms with Crippen molar-refractivity contribution in [3.05, 3.63) is 48.0 Å². The first-order valence-electron chi connectivity index (χ1n) is 5.72. The lowest BCUT2D eigenvalue weighted by molar-refractivity contribution is 0.0597. The Bertz CT molecular complexity index is 605. The fraction of sp³-hybridized carbons (Fsp3) is 0.133. The molecule has 0 atom stereocenters. The second-order valence-electron chi connectivity index (χ2n) is 3.89. The number of phenolic OH excluding ortho intramolecular Hbond substituents is 1. The molecule has 98 valence electrons. The minimum Gasteiger partial charge on any atom is -0.506 e. The Morgan fingerprint density at radius 2 is 1.68 bits per heavy atom. The average Bonchev–Trinajstić information content (AvgIpc) is 2.46. The molecular weight excluding hydrogens is 244 g/mol. The number of esters is 1. The van der Waals surface area contributed by atoms with Crippen molar-refractivity contribution < 1.29 is 19.4 Å². The van der Waals surface area contributed by atoms with Crippen LogP contribution in [0.4, 0.5) is 0 Å². The zero-order valence-corrected chi connectivity index (χ0v) is 10.7. The number of hydrogen-bond donors (Lipinski definition) is 1. The molecule has 0 saturated heterocycles. The van der Waals surface area contributed by atoms with Crippen molar-refractivity contribution in [1.82, 2.24) is 0 Å². The molecule has 19 heavy (non-hydrogen) atoms. The Balaban J connectivity index is 2.60. The summed E-state index contributed by atoms with van der Waals surface area (Å²) in [7, 11) is 2.83. The Morgan fingerprint density at radius 1 is 1.00 bits per heavy atom. The third-order valence-corrected chi connectivity index (χ3v) is 2.84. The van der Waals surface area contributed by atoms with Crippen molar-refractivity contribution >= 4 is 5.97 Å². The minimum atomic E-state index is -0.575. The van der Waals surface area contributed by atoms with Crippen LogP contribution in [0.3, 0.4) is 0 Å². The second-order valence-corrected chi connectivity index (χ2v) is 3.89. The SMILES string of the molecule is COC(=O)c1cccc(-c2ccccc2OC)c1O. The lowest BCUT2D eigenvalue weighted by atomic mass is 10.0. The summed E-state index contributed by atoms with van der Waals surface area (Å²) in [5, 5.41) is 10.2. The van der Waals surface area contributed by atoms with Crippen molar-refractivity contribution in [3.63, 3.8) is 0 Å². The van der Waals surface area contributed by atoms with E-state index in [4.69, 9.17) is 4.74 Å². The maximum Gasteiger partial charge on any atom is 0.341 e. The van der Waals surface area contributed by atoms with Crippen LogP contribution in [0.5, 0.6) is 11.5 Å². The summed E-state index contributed by atoms with van der Waals surface area (Å²) in [4.78, 5) is 11.6. The molecule has 0 aliphatic heterocycles. The summed E-state index contributed by atoms with van der Waals surface area (Å²) in [6.07, 6.45) is 0. The molecule has 0 heterocycles. The number of ether oxygens (including phenoxy) is 2. The van der Waals surface area contributed by atoms with Crippen LogP contribution in [-0.4, -0.2) is 25.3 Å². The second kappa shape index (κ2) is 5.44. The number of carbonyl (C=O) groups excluding carboxylic acids is 1. The van der Waals surface area contributed by atoms with Gasteiger partial charge in [0.15, 0.2) is 0 Å². The molecule has 2 rings (SSSR count). The van der Waals surface area contributed by atoms with Crippen LogP contribution in [0, 0.1) is 0 Å². The minimum absolute atomic E-state index is 0.112. The van der Waals surface area contributed by atoms with Gasteiger partial charge in [-0.05, 0) is 12.1 Å². The molecule has 0 radical (unpaired) electrons. The number of methoxy groups -OCH3 is 2. The average molecular weight is 258 g/mol. The van der Waals surface area contributed by atoms with Crippen molar-refractivity contribution in [2.24, 2.45) is 0 Å². The van der Waals surface area contributed by atoms with E-state index >= 15 is 0 Å². The van der Waals surface area contributed by atoms with Crippen molar-refractivity contribution in [1.29, 1.82) is 0 Å². The Morgan fingerprint density at radius 3 is 2.37 bits per heavy atom. The van der Waals surface area contributed by atoms with Crippen molar-refractivity contribution in [2.75, 3.05) is 14.2 Å². The van der Waals surface area contributed by atoms with E-state index in [2.05, 4.69) is 4.74 Å². The molecule has 0 spiro atoms. The first-order chi connectivity index (χ1) is 9.19. The maximum atomic E-state index is 11.6. The molecule has 4 heteroatoms. The molecule has 0 amide bonds. The summed E-state index contributed by atoms with van der Waals surface area (Å²) < 4.78 is 9.89. The number of aromatic hydroxyl groups is 1. The Kier molecular flexibility index (Phi) is 3.71. The first kappa shape index (κ1) is 13.0. The van der Waals surface area contributed by atoms with Crippen molar-refractivity contribution in [2.45, 2.75) is 0 Å². The highest BCUT2D eigenvalue weighted by Crippen LogP contribution is 2.37. The quantitative estimate of drug-likeness (QED) is 0.860. The fourth-order valence-electron chi connectivity index (χ4n) is 1.90. The maximum absolute atomic E-state index is 11.6. The lowest BCUT2D eigenvalue weighted by Crippen LogP contribution is -2.02. The van der Waals surface area contributed by atoms with Gasteiger partial charge in [0.25, 0.3) is 0 Å². The number of rotatable bonds is 3. The van der Waals surface area contributed by atoms with Crippen LogP contribution in [0.2, 0.25) is 0 Å². The first-order valence-corrected chi connectivity index (χ1v) is 5.72. The molecule has 0 aliphatic carbocycles. The largest absolute Gasteiger partial charge is 0.506 e. The third-order valence-electron chi connectivity index (χ3n) is 2.84. The summed E-state index contributed by atoms with van der Waals surface area (Å²) in [5.74, 6) is -0.0621. The van der Waals surface area contributed by atoms with Gasteiger partial charge in [0.1, 0.15) is 17.1 Å². The molecular formula is C15H14O4. The zero-order chi connectivity index (χ0) is 13.8. The number of para-hydroxylation sites is 2. The molecule has 0 aliphatic rings. The molecule has 0 unspecified atom stereocenters. The van der Waals surface area contributed by atoms with Gasteiger partial charge in [-0.1, -0.05) is 30.3 Å². The van der Waals surface area contributed by atoms with Gasteiger partial charge in [0.05, 0.1) is 14.2 Å². The Hall–Kier alpha value is -2.49. The molecule has 1 N–H and O–H groups in total. The van der Waals surface area contributed by atoms with Gasteiger partial charge in [-0.15, -0.1) is 0 Å².